The molecule has 1 aliphatic heterocycles. The summed E-state index contributed by atoms with van der Waals surface area (Å²) in [6.45, 7) is 2.28. The predicted octanol–water partition coefficient (Wildman–Crippen LogP) is 3.45. The summed E-state index contributed by atoms with van der Waals surface area (Å²) in [6, 6.07) is 7.73. The number of nitrogens with zero attached hydrogens (tertiary/aromatic N) is 1. The zero-order valence-electron chi connectivity index (χ0n) is 10.9. The van der Waals surface area contributed by atoms with Gasteiger partial charge in [-0.15, -0.1) is 0 Å². The van der Waals surface area contributed by atoms with Crippen LogP contribution in [0, 0.1) is 5.92 Å². The van der Waals surface area contributed by atoms with E-state index in [4.69, 9.17) is 23.8 Å². The zero-order valence-corrected chi connectivity index (χ0v) is 12.5. The van der Waals surface area contributed by atoms with Gasteiger partial charge in [0.1, 0.15) is 5.66 Å². The number of nitrogens with one attached hydrogen (secondary N) is 2. The molecule has 0 radical (unpaired) electrons. The summed E-state index contributed by atoms with van der Waals surface area (Å²) in [5, 5.41) is 6.95. The number of hydrogen-bond donors (Lipinski definition) is 2. The smallest absolute Gasteiger partial charge is 0.189 e. The highest BCUT2D eigenvalue weighted by molar-refractivity contribution is 7.80. The van der Waals surface area contributed by atoms with E-state index in [9.17, 15) is 0 Å². The monoisotopic (exact) mass is 295 g/mol. The molecular formula is C14H18ClN3S. The number of anilines is 1. The van der Waals surface area contributed by atoms with Gasteiger partial charge in [0.15, 0.2) is 5.11 Å². The van der Waals surface area contributed by atoms with E-state index in [-0.39, 0.29) is 5.66 Å². The summed E-state index contributed by atoms with van der Waals surface area (Å²) in [7, 11) is 0. The number of hydrogen-bond acceptors (Lipinski definition) is 2. The van der Waals surface area contributed by atoms with Gasteiger partial charge in [-0.05, 0) is 61.7 Å². The first-order chi connectivity index (χ1) is 9.11. The maximum atomic E-state index is 5.93. The third-order valence-electron chi connectivity index (χ3n) is 4.23. The highest BCUT2D eigenvalue weighted by Crippen LogP contribution is 2.35. The fraction of sp³-hybridized carbons (Fsp3) is 0.500. The molecule has 3 nitrogen and oxygen atoms in total. The van der Waals surface area contributed by atoms with Crippen molar-refractivity contribution in [3.05, 3.63) is 29.3 Å². The van der Waals surface area contributed by atoms with Crippen LogP contribution in [0.4, 0.5) is 5.69 Å². The summed E-state index contributed by atoms with van der Waals surface area (Å²) >= 11 is 11.4. The largest absolute Gasteiger partial charge is 0.341 e. The predicted molar refractivity (Wildman–Crippen MR) is 83.2 cm³/mol. The van der Waals surface area contributed by atoms with Crippen molar-refractivity contribution >= 4 is 34.6 Å². The first-order valence-corrected chi connectivity index (χ1v) is 7.55. The number of hydrazine groups is 1. The summed E-state index contributed by atoms with van der Waals surface area (Å²) < 4.78 is 0. The Bertz CT molecular complexity index is 490. The zero-order chi connectivity index (χ0) is 13.5. The number of halogens is 1. The van der Waals surface area contributed by atoms with Gasteiger partial charge in [-0.2, -0.15) is 0 Å². The minimum Gasteiger partial charge on any atom is -0.341 e. The van der Waals surface area contributed by atoms with Crippen LogP contribution in [-0.4, -0.2) is 10.8 Å². The maximum Gasteiger partial charge on any atom is 0.189 e. The molecular weight excluding hydrogens is 278 g/mol. The number of rotatable bonds is 1. The average Bonchev–Trinajstić information content (AvgIpc) is 2.73. The molecule has 2 fully saturated rings. The molecule has 19 heavy (non-hydrogen) atoms. The van der Waals surface area contributed by atoms with Gasteiger partial charge in [0.25, 0.3) is 0 Å². The van der Waals surface area contributed by atoms with E-state index in [0.717, 1.165) is 22.2 Å². The highest BCUT2D eigenvalue weighted by Gasteiger charge is 2.45. The molecule has 102 valence electrons. The standard InChI is InChI=1S/C14H18ClN3S/c1-10-4-2-3-9-14(10)16-13(19)18(17-14)12-7-5-11(15)6-8-12/h5-8,10,17H,2-4,9H2,1H3,(H,16,19)/t10-,14+/m0/s1. The van der Waals surface area contributed by atoms with Crippen LogP contribution in [0.5, 0.6) is 0 Å². The first kappa shape index (κ1) is 13.2. The lowest BCUT2D eigenvalue weighted by atomic mass is 9.81. The van der Waals surface area contributed by atoms with E-state index in [1.807, 2.05) is 29.3 Å². The fourth-order valence-corrected chi connectivity index (χ4v) is 3.46. The number of thiocarbonyl (C=S) groups is 1. The first-order valence-electron chi connectivity index (χ1n) is 6.76. The Morgan fingerprint density at radius 3 is 2.74 bits per heavy atom. The molecule has 5 heteroatoms. The third-order valence-corrected chi connectivity index (χ3v) is 4.77. The Morgan fingerprint density at radius 1 is 1.32 bits per heavy atom. The Balaban J connectivity index is 1.85. The van der Waals surface area contributed by atoms with E-state index >= 15 is 0 Å². The van der Waals surface area contributed by atoms with Crippen molar-refractivity contribution in [3.8, 4) is 0 Å². The molecule has 0 amide bonds. The molecule has 0 unspecified atom stereocenters. The number of benzene rings is 1. The molecule has 2 N–H and O–H groups in total. The molecule has 0 aromatic heterocycles. The molecule has 0 bridgehead atoms. The van der Waals surface area contributed by atoms with Crippen molar-refractivity contribution in [2.24, 2.45) is 5.92 Å². The van der Waals surface area contributed by atoms with Gasteiger partial charge in [-0.1, -0.05) is 24.9 Å². The van der Waals surface area contributed by atoms with Crippen LogP contribution in [0.3, 0.4) is 0 Å². The van der Waals surface area contributed by atoms with Gasteiger partial charge >= 0.3 is 0 Å². The fourth-order valence-electron chi connectivity index (χ4n) is 3.00. The van der Waals surface area contributed by atoms with Crippen LogP contribution in [0.15, 0.2) is 24.3 Å². The summed E-state index contributed by atoms with van der Waals surface area (Å²) in [5.74, 6) is 0.566. The summed E-state index contributed by atoms with van der Waals surface area (Å²) in [6.07, 6.45) is 4.89. The molecule has 1 aromatic carbocycles. The Labute approximate surface area is 124 Å². The quantitative estimate of drug-likeness (QED) is 0.776. The third kappa shape index (κ3) is 2.33. The lowest BCUT2D eigenvalue weighted by molar-refractivity contribution is 0.158. The van der Waals surface area contributed by atoms with E-state index < -0.39 is 0 Å². The van der Waals surface area contributed by atoms with Crippen LogP contribution in [-0.2, 0) is 0 Å². The Hall–Kier alpha value is -0.840. The van der Waals surface area contributed by atoms with Crippen LogP contribution < -0.4 is 15.8 Å². The SMILES string of the molecule is C[C@H]1CCCC[C@]12NC(=S)N(c1ccc(Cl)cc1)N2. The second-order valence-electron chi connectivity index (χ2n) is 5.47. The van der Waals surface area contributed by atoms with Crippen molar-refractivity contribution in [2.75, 3.05) is 5.01 Å². The molecule has 1 saturated carbocycles. The van der Waals surface area contributed by atoms with Crippen molar-refractivity contribution in [1.82, 2.24) is 10.7 Å². The highest BCUT2D eigenvalue weighted by atomic mass is 35.5. The second kappa shape index (κ2) is 4.93. The maximum absolute atomic E-state index is 5.93. The molecule has 1 aliphatic carbocycles. The molecule has 1 spiro atoms. The molecule has 1 saturated heterocycles. The topological polar surface area (TPSA) is 27.3 Å². The normalized spacial score (nSPS) is 30.7. The molecule has 1 heterocycles. The van der Waals surface area contributed by atoms with E-state index in [2.05, 4.69) is 17.7 Å². The van der Waals surface area contributed by atoms with Crippen molar-refractivity contribution in [1.29, 1.82) is 0 Å². The van der Waals surface area contributed by atoms with Crippen molar-refractivity contribution < 1.29 is 0 Å². The van der Waals surface area contributed by atoms with Crippen LogP contribution in [0.1, 0.15) is 32.6 Å². The average molecular weight is 296 g/mol. The minimum absolute atomic E-state index is 0.0744. The van der Waals surface area contributed by atoms with Crippen molar-refractivity contribution in [3.63, 3.8) is 0 Å². The van der Waals surface area contributed by atoms with E-state index in [0.29, 0.717) is 5.92 Å². The van der Waals surface area contributed by atoms with Gasteiger partial charge in [0.2, 0.25) is 0 Å². The van der Waals surface area contributed by atoms with E-state index in [1.165, 1.54) is 19.3 Å². The summed E-state index contributed by atoms with van der Waals surface area (Å²) in [5.41, 5.74) is 4.53. The Morgan fingerprint density at radius 2 is 2.05 bits per heavy atom. The lowest BCUT2D eigenvalue weighted by Crippen LogP contribution is -2.57. The van der Waals surface area contributed by atoms with Crippen LogP contribution in [0.25, 0.3) is 0 Å². The van der Waals surface area contributed by atoms with Gasteiger partial charge in [-0.25, -0.2) is 5.43 Å². The molecule has 2 atom stereocenters. The van der Waals surface area contributed by atoms with Gasteiger partial charge in [0.05, 0.1) is 5.69 Å². The molecule has 2 aliphatic rings. The Kier molecular flexibility index (Phi) is 3.41. The van der Waals surface area contributed by atoms with Crippen molar-refractivity contribution in [2.45, 2.75) is 38.3 Å². The lowest BCUT2D eigenvalue weighted by Gasteiger charge is -2.39. The summed E-state index contributed by atoms with van der Waals surface area (Å²) in [4.78, 5) is 0. The van der Waals surface area contributed by atoms with Gasteiger partial charge < -0.3 is 5.32 Å². The minimum atomic E-state index is -0.0744. The van der Waals surface area contributed by atoms with Crippen LogP contribution >= 0.6 is 23.8 Å². The molecule has 3 rings (SSSR count). The van der Waals surface area contributed by atoms with E-state index in [1.54, 1.807) is 0 Å². The van der Waals surface area contributed by atoms with Gasteiger partial charge in [0, 0.05) is 5.02 Å². The molecule has 1 aromatic rings. The van der Waals surface area contributed by atoms with Gasteiger partial charge in [-0.3, -0.25) is 5.01 Å². The second-order valence-corrected chi connectivity index (χ2v) is 6.30. The van der Waals surface area contributed by atoms with Crippen LogP contribution in [0.2, 0.25) is 5.02 Å².